The monoisotopic (exact) mass is 401 g/mol. The van der Waals surface area contributed by atoms with Gasteiger partial charge in [0.15, 0.2) is 0 Å². The number of aryl methyl sites for hydroxylation is 2. The Morgan fingerprint density at radius 2 is 1.86 bits per heavy atom. The lowest BCUT2D eigenvalue weighted by Crippen LogP contribution is -2.45. The van der Waals surface area contributed by atoms with E-state index in [9.17, 15) is 9.59 Å². The van der Waals surface area contributed by atoms with E-state index < -0.39 is 0 Å². The number of hydrogen-bond donors (Lipinski definition) is 2. The Bertz CT molecular complexity index is 717. The molecule has 1 aromatic rings. The van der Waals surface area contributed by atoms with Crippen molar-refractivity contribution in [3.8, 4) is 0 Å². The van der Waals surface area contributed by atoms with Crippen LogP contribution in [-0.2, 0) is 9.53 Å². The number of likely N-dealkylation sites (tertiary alicyclic amines) is 1. The second-order valence-electron chi connectivity index (χ2n) is 8.60. The summed E-state index contributed by atoms with van der Waals surface area (Å²) in [4.78, 5) is 27.4. The van der Waals surface area contributed by atoms with Gasteiger partial charge in [0, 0.05) is 50.8 Å². The molecule has 160 valence electrons. The first-order valence-electron chi connectivity index (χ1n) is 10.8. The summed E-state index contributed by atoms with van der Waals surface area (Å²) in [6, 6.07) is 6.50. The Morgan fingerprint density at radius 3 is 2.55 bits per heavy atom. The summed E-state index contributed by atoms with van der Waals surface area (Å²) in [7, 11) is 1.64. The Labute approximate surface area is 174 Å². The molecule has 2 N–H and O–H groups in total. The molecule has 1 saturated carbocycles. The summed E-state index contributed by atoms with van der Waals surface area (Å²) >= 11 is 0. The molecular formula is C23H35N3O3. The fourth-order valence-electron chi connectivity index (χ4n) is 4.30. The quantitative estimate of drug-likeness (QED) is 0.591. The third kappa shape index (κ3) is 6.28. The second kappa shape index (κ2) is 10.2. The Balaban J connectivity index is 1.55. The van der Waals surface area contributed by atoms with Crippen LogP contribution in [0.3, 0.4) is 0 Å². The number of rotatable bonds is 10. The van der Waals surface area contributed by atoms with E-state index in [1.165, 1.54) is 12.8 Å². The topological polar surface area (TPSA) is 70.7 Å². The number of carbonyl (C=O) groups excluding carboxylic acids is 2. The van der Waals surface area contributed by atoms with Gasteiger partial charge in [-0.25, -0.2) is 0 Å². The molecule has 1 aromatic carbocycles. The molecule has 1 aliphatic carbocycles. The van der Waals surface area contributed by atoms with Crippen LogP contribution in [0.15, 0.2) is 18.2 Å². The molecule has 1 saturated heterocycles. The number of benzene rings is 1. The number of hydrogen-bond acceptors (Lipinski definition) is 4. The normalized spacial score (nSPS) is 21.9. The Morgan fingerprint density at radius 1 is 1.10 bits per heavy atom. The van der Waals surface area contributed by atoms with E-state index in [2.05, 4.69) is 15.5 Å². The average molecular weight is 402 g/mol. The smallest absolute Gasteiger partial charge is 0.251 e. The van der Waals surface area contributed by atoms with Crippen molar-refractivity contribution in [1.82, 2.24) is 15.5 Å². The predicted molar refractivity (Wildman–Crippen MR) is 114 cm³/mol. The van der Waals surface area contributed by atoms with Crippen molar-refractivity contribution in [3.05, 3.63) is 34.9 Å². The molecule has 2 amide bonds. The largest absolute Gasteiger partial charge is 0.383 e. The molecule has 6 heteroatoms. The highest BCUT2D eigenvalue weighted by molar-refractivity contribution is 5.95. The van der Waals surface area contributed by atoms with Gasteiger partial charge in [0.05, 0.1) is 6.61 Å². The van der Waals surface area contributed by atoms with E-state index in [-0.39, 0.29) is 17.9 Å². The summed E-state index contributed by atoms with van der Waals surface area (Å²) < 4.78 is 5.00. The van der Waals surface area contributed by atoms with E-state index in [1.54, 1.807) is 7.11 Å². The molecule has 1 heterocycles. The van der Waals surface area contributed by atoms with Crippen molar-refractivity contribution in [2.45, 2.75) is 58.0 Å². The van der Waals surface area contributed by atoms with Crippen molar-refractivity contribution in [2.75, 3.05) is 33.4 Å². The zero-order valence-corrected chi connectivity index (χ0v) is 18.0. The number of ether oxygens (including phenoxy) is 1. The van der Waals surface area contributed by atoms with E-state index in [0.717, 1.165) is 42.0 Å². The van der Waals surface area contributed by atoms with Gasteiger partial charge in [0.2, 0.25) is 5.91 Å². The molecule has 0 aromatic heterocycles. The maximum atomic E-state index is 12.7. The third-order valence-electron chi connectivity index (χ3n) is 6.11. The summed E-state index contributed by atoms with van der Waals surface area (Å²) in [6.45, 7) is 6.79. The minimum Gasteiger partial charge on any atom is -0.383 e. The van der Waals surface area contributed by atoms with Gasteiger partial charge in [-0.1, -0.05) is 17.7 Å². The van der Waals surface area contributed by atoms with Gasteiger partial charge in [-0.3, -0.25) is 14.5 Å². The van der Waals surface area contributed by atoms with Gasteiger partial charge in [-0.2, -0.15) is 0 Å². The highest BCUT2D eigenvalue weighted by Gasteiger charge is 2.38. The molecule has 6 nitrogen and oxygen atoms in total. The maximum Gasteiger partial charge on any atom is 0.251 e. The van der Waals surface area contributed by atoms with Gasteiger partial charge in [-0.05, 0) is 57.1 Å². The van der Waals surface area contributed by atoms with Crippen LogP contribution < -0.4 is 10.6 Å². The zero-order valence-electron chi connectivity index (χ0n) is 18.0. The van der Waals surface area contributed by atoms with Crippen molar-refractivity contribution in [3.63, 3.8) is 0 Å². The molecule has 3 rings (SSSR count). The molecule has 29 heavy (non-hydrogen) atoms. The summed E-state index contributed by atoms with van der Waals surface area (Å²) in [5, 5.41) is 6.08. The number of methoxy groups -OCH3 is 1. The van der Waals surface area contributed by atoms with Crippen LogP contribution >= 0.6 is 0 Å². The lowest BCUT2D eigenvalue weighted by Gasteiger charge is -2.30. The predicted octanol–water partition coefficient (Wildman–Crippen LogP) is 2.43. The van der Waals surface area contributed by atoms with Crippen LogP contribution in [0.1, 0.15) is 53.6 Å². The van der Waals surface area contributed by atoms with Crippen LogP contribution in [0.5, 0.6) is 0 Å². The van der Waals surface area contributed by atoms with Crippen molar-refractivity contribution in [2.24, 2.45) is 5.92 Å². The van der Waals surface area contributed by atoms with Crippen LogP contribution in [0, 0.1) is 19.8 Å². The maximum absolute atomic E-state index is 12.7. The van der Waals surface area contributed by atoms with Crippen LogP contribution in [-0.4, -0.2) is 62.1 Å². The highest BCUT2D eigenvalue weighted by atomic mass is 16.5. The minimum atomic E-state index is -0.00497. The lowest BCUT2D eigenvalue weighted by atomic mass is 10.1. The highest BCUT2D eigenvalue weighted by Crippen LogP contribution is 2.35. The van der Waals surface area contributed by atoms with Gasteiger partial charge in [0.1, 0.15) is 0 Å². The summed E-state index contributed by atoms with van der Waals surface area (Å²) in [6.07, 6.45) is 5.12. The first-order chi connectivity index (χ1) is 14.0. The molecule has 0 spiro atoms. The van der Waals surface area contributed by atoms with Crippen LogP contribution in [0.25, 0.3) is 0 Å². The first-order valence-corrected chi connectivity index (χ1v) is 10.8. The van der Waals surface area contributed by atoms with Crippen molar-refractivity contribution >= 4 is 11.8 Å². The molecule has 0 unspecified atom stereocenters. The molecule has 2 aliphatic rings. The van der Waals surface area contributed by atoms with Crippen LogP contribution in [0.4, 0.5) is 0 Å². The molecule has 2 fully saturated rings. The minimum absolute atomic E-state index is 0.00497. The van der Waals surface area contributed by atoms with E-state index in [4.69, 9.17) is 4.74 Å². The summed E-state index contributed by atoms with van der Waals surface area (Å²) in [5.74, 6) is 0.840. The first kappa shape index (κ1) is 21.8. The molecule has 0 bridgehead atoms. The van der Waals surface area contributed by atoms with Gasteiger partial charge >= 0.3 is 0 Å². The molecule has 2 atom stereocenters. The molecular weight excluding hydrogens is 366 g/mol. The standard InChI is InChI=1S/C23H35N3O3/c1-16-4-9-21(17(2)12-16)23(28)25-14-20-8-7-19(26(20)15-18-5-6-18)13-22(27)24-10-11-29-3/h4,9,12,18-20H,5-8,10-11,13-15H2,1-3H3,(H,24,27)(H,25,28)/t19-,20+/m1/s1. The number of carbonyl (C=O) groups is 2. The second-order valence-corrected chi connectivity index (χ2v) is 8.60. The molecule has 0 radical (unpaired) electrons. The van der Waals surface area contributed by atoms with Crippen LogP contribution in [0.2, 0.25) is 0 Å². The fraction of sp³-hybridized carbons (Fsp3) is 0.652. The zero-order chi connectivity index (χ0) is 20.8. The number of amides is 2. The SMILES string of the molecule is COCCNC(=O)C[C@H]1CC[C@@H](CNC(=O)c2ccc(C)cc2C)N1CC1CC1. The van der Waals surface area contributed by atoms with Gasteiger partial charge in [0.25, 0.3) is 5.91 Å². The van der Waals surface area contributed by atoms with E-state index >= 15 is 0 Å². The van der Waals surface area contributed by atoms with Gasteiger partial charge < -0.3 is 15.4 Å². The van der Waals surface area contributed by atoms with E-state index in [1.807, 2.05) is 32.0 Å². The average Bonchev–Trinajstić information content (AvgIpc) is 3.42. The molecule has 1 aliphatic heterocycles. The number of nitrogens with one attached hydrogen (secondary N) is 2. The van der Waals surface area contributed by atoms with Crippen molar-refractivity contribution in [1.29, 1.82) is 0 Å². The lowest BCUT2D eigenvalue weighted by molar-refractivity contribution is -0.122. The summed E-state index contributed by atoms with van der Waals surface area (Å²) in [5.41, 5.74) is 2.92. The fourth-order valence-corrected chi connectivity index (χ4v) is 4.30. The van der Waals surface area contributed by atoms with Crippen molar-refractivity contribution < 1.29 is 14.3 Å². The Kier molecular flexibility index (Phi) is 7.67. The third-order valence-corrected chi connectivity index (χ3v) is 6.11. The number of nitrogens with zero attached hydrogens (tertiary/aromatic N) is 1. The Hall–Kier alpha value is -1.92. The van der Waals surface area contributed by atoms with Gasteiger partial charge in [-0.15, -0.1) is 0 Å². The van der Waals surface area contributed by atoms with E-state index in [0.29, 0.717) is 32.2 Å².